The zero-order valence-corrected chi connectivity index (χ0v) is 12.6. The summed E-state index contributed by atoms with van der Waals surface area (Å²) in [5, 5.41) is 29.2. The Morgan fingerprint density at radius 2 is 2.09 bits per heavy atom. The van der Waals surface area contributed by atoms with Gasteiger partial charge in [-0.15, -0.1) is 0 Å². The summed E-state index contributed by atoms with van der Waals surface area (Å²) >= 11 is 0. The maximum Gasteiger partial charge on any atom is 0.270 e. The number of hydrogen-bond acceptors (Lipinski definition) is 5. The molecule has 0 spiro atoms. The van der Waals surface area contributed by atoms with Crippen LogP contribution in [0.2, 0.25) is 0 Å². The minimum absolute atomic E-state index is 0.00704. The lowest BCUT2D eigenvalue weighted by Gasteiger charge is -2.05. The summed E-state index contributed by atoms with van der Waals surface area (Å²) in [6.07, 6.45) is 1.55. The first-order chi connectivity index (χ1) is 11.0. The molecule has 0 bridgehead atoms. The van der Waals surface area contributed by atoms with Gasteiger partial charge >= 0.3 is 0 Å². The molecule has 3 rings (SSSR count). The van der Waals surface area contributed by atoms with Crippen LogP contribution in [0.5, 0.6) is 5.75 Å². The minimum atomic E-state index is -0.446. The molecule has 7 nitrogen and oxygen atoms in total. The van der Waals surface area contributed by atoms with Crippen molar-refractivity contribution in [1.82, 2.24) is 10.2 Å². The van der Waals surface area contributed by atoms with E-state index in [0.717, 1.165) is 11.4 Å². The first-order valence-corrected chi connectivity index (χ1v) is 6.93. The number of rotatable bonds is 3. The monoisotopic (exact) mass is 310 g/mol. The van der Waals surface area contributed by atoms with Gasteiger partial charge in [0.15, 0.2) is 0 Å². The van der Waals surface area contributed by atoms with E-state index in [1.54, 1.807) is 18.3 Å². The van der Waals surface area contributed by atoms with Gasteiger partial charge in [0.1, 0.15) is 11.4 Å². The van der Waals surface area contributed by atoms with Crippen molar-refractivity contribution >= 4 is 28.4 Å². The van der Waals surface area contributed by atoms with E-state index < -0.39 is 4.92 Å². The van der Waals surface area contributed by atoms with Gasteiger partial charge < -0.3 is 5.11 Å². The Balaban J connectivity index is 2.13. The van der Waals surface area contributed by atoms with E-state index in [9.17, 15) is 15.2 Å². The number of phenolic OH excluding ortho intramolecular Hbond substituents is 1. The second-order valence-corrected chi connectivity index (χ2v) is 5.20. The van der Waals surface area contributed by atoms with Crippen LogP contribution < -0.4 is 0 Å². The number of fused-ring (bicyclic) bond motifs is 1. The Bertz CT molecular complexity index is 924. The van der Waals surface area contributed by atoms with Crippen molar-refractivity contribution in [1.29, 1.82) is 0 Å². The second kappa shape index (κ2) is 5.53. The SMILES string of the molecule is Cc1n[nH]c(C)c1N=Cc1c(O)ccc2cc([N+](=O)[O-])ccc12. The predicted molar refractivity (Wildman–Crippen MR) is 87.6 cm³/mol. The molecule has 1 heterocycles. The topological polar surface area (TPSA) is 104 Å². The highest BCUT2D eigenvalue weighted by atomic mass is 16.6. The number of H-pyrrole nitrogens is 1. The number of nitrogens with one attached hydrogen (secondary N) is 1. The average molecular weight is 310 g/mol. The van der Waals surface area contributed by atoms with Crippen LogP contribution in [0.3, 0.4) is 0 Å². The fourth-order valence-electron chi connectivity index (χ4n) is 2.44. The van der Waals surface area contributed by atoms with E-state index in [2.05, 4.69) is 15.2 Å². The van der Waals surface area contributed by atoms with Gasteiger partial charge in [0.25, 0.3) is 5.69 Å². The summed E-state index contributed by atoms with van der Waals surface area (Å²) in [4.78, 5) is 14.8. The Labute approximate surface area is 131 Å². The van der Waals surface area contributed by atoms with E-state index in [1.165, 1.54) is 18.2 Å². The smallest absolute Gasteiger partial charge is 0.270 e. The maximum atomic E-state index is 10.9. The van der Waals surface area contributed by atoms with Crippen molar-refractivity contribution in [3.63, 3.8) is 0 Å². The van der Waals surface area contributed by atoms with E-state index in [1.807, 2.05) is 13.8 Å². The number of aromatic nitrogens is 2. The zero-order valence-electron chi connectivity index (χ0n) is 12.6. The second-order valence-electron chi connectivity index (χ2n) is 5.20. The van der Waals surface area contributed by atoms with Crippen LogP contribution in [-0.4, -0.2) is 26.4 Å². The van der Waals surface area contributed by atoms with Gasteiger partial charge in [0, 0.05) is 23.9 Å². The molecule has 0 aliphatic carbocycles. The molecular formula is C16H14N4O3. The molecule has 0 unspecified atom stereocenters. The molecule has 1 aromatic heterocycles. The van der Waals surface area contributed by atoms with E-state index in [4.69, 9.17) is 0 Å². The zero-order chi connectivity index (χ0) is 16.6. The first kappa shape index (κ1) is 14.7. The number of nitro groups is 1. The largest absolute Gasteiger partial charge is 0.507 e. The third-order valence-corrected chi connectivity index (χ3v) is 3.64. The number of hydrogen-bond donors (Lipinski definition) is 2. The number of nitrogens with zero attached hydrogens (tertiary/aromatic N) is 3. The van der Waals surface area contributed by atoms with Crippen molar-refractivity contribution in [2.24, 2.45) is 4.99 Å². The third-order valence-electron chi connectivity index (χ3n) is 3.64. The quantitative estimate of drug-likeness (QED) is 0.438. The molecule has 2 aromatic carbocycles. The molecule has 0 amide bonds. The standard InChI is InChI=1S/C16H14N4O3/c1-9-16(10(2)19-18-9)17-8-14-13-5-4-12(20(22)23)7-11(13)3-6-15(14)21/h3-8,21H,1-2H3,(H,18,19). The molecule has 116 valence electrons. The molecule has 0 saturated carbocycles. The van der Waals surface area contributed by atoms with Gasteiger partial charge in [-0.25, -0.2) is 0 Å². The minimum Gasteiger partial charge on any atom is -0.507 e. The maximum absolute atomic E-state index is 10.9. The Morgan fingerprint density at radius 1 is 1.30 bits per heavy atom. The lowest BCUT2D eigenvalue weighted by atomic mass is 10.0. The highest BCUT2D eigenvalue weighted by Gasteiger charge is 2.11. The van der Waals surface area contributed by atoms with Gasteiger partial charge in [-0.1, -0.05) is 6.07 Å². The normalized spacial score (nSPS) is 11.4. The van der Waals surface area contributed by atoms with Crippen LogP contribution in [-0.2, 0) is 0 Å². The highest BCUT2D eigenvalue weighted by Crippen LogP contribution is 2.29. The number of aromatic hydroxyl groups is 1. The van der Waals surface area contributed by atoms with Crippen LogP contribution in [0.4, 0.5) is 11.4 Å². The highest BCUT2D eigenvalue weighted by molar-refractivity contribution is 6.03. The van der Waals surface area contributed by atoms with E-state index in [-0.39, 0.29) is 11.4 Å². The molecule has 0 radical (unpaired) electrons. The molecule has 0 fully saturated rings. The molecule has 2 N–H and O–H groups in total. The number of aryl methyl sites for hydroxylation is 2. The summed E-state index contributed by atoms with van der Waals surface area (Å²) < 4.78 is 0. The van der Waals surface area contributed by atoms with Crippen molar-refractivity contribution in [3.8, 4) is 5.75 Å². The van der Waals surface area contributed by atoms with Gasteiger partial charge in [0.2, 0.25) is 0 Å². The van der Waals surface area contributed by atoms with Gasteiger partial charge in [-0.2, -0.15) is 5.10 Å². The summed E-state index contributed by atoms with van der Waals surface area (Å²) in [7, 11) is 0. The van der Waals surface area contributed by atoms with Gasteiger partial charge in [-0.05, 0) is 36.8 Å². The lowest BCUT2D eigenvalue weighted by Crippen LogP contribution is -1.90. The fraction of sp³-hybridized carbons (Fsp3) is 0.125. The van der Waals surface area contributed by atoms with Crippen LogP contribution in [0.25, 0.3) is 10.8 Å². The number of aromatic amines is 1. The van der Waals surface area contributed by atoms with E-state index in [0.29, 0.717) is 22.0 Å². The number of aliphatic imine (C=N–C) groups is 1. The van der Waals surface area contributed by atoms with Gasteiger partial charge in [0.05, 0.1) is 16.3 Å². The lowest BCUT2D eigenvalue weighted by molar-refractivity contribution is -0.384. The molecule has 7 heteroatoms. The fourth-order valence-corrected chi connectivity index (χ4v) is 2.44. The number of non-ortho nitro benzene ring substituents is 1. The van der Waals surface area contributed by atoms with Gasteiger partial charge in [-0.3, -0.25) is 20.2 Å². The van der Waals surface area contributed by atoms with Crippen LogP contribution in [0, 0.1) is 24.0 Å². The average Bonchev–Trinajstić information content (AvgIpc) is 2.84. The molecule has 0 aliphatic heterocycles. The van der Waals surface area contributed by atoms with E-state index >= 15 is 0 Å². The summed E-state index contributed by atoms with van der Waals surface area (Å²) in [5.74, 6) is 0.0638. The molecule has 23 heavy (non-hydrogen) atoms. The Kier molecular flexibility index (Phi) is 3.53. The molecular weight excluding hydrogens is 296 g/mol. The molecule has 0 atom stereocenters. The first-order valence-electron chi connectivity index (χ1n) is 6.93. The van der Waals surface area contributed by atoms with Crippen molar-refractivity contribution in [2.75, 3.05) is 0 Å². The molecule has 0 aliphatic rings. The van der Waals surface area contributed by atoms with Crippen molar-refractivity contribution in [2.45, 2.75) is 13.8 Å². The number of benzene rings is 2. The predicted octanol–water partition coefficient (Wildman–Crippen LogP) is 3.54. The van der Waals surface area contributed by atoms with Crippen molar-refractivity contribution < 1.29 is 10.0 Å². The third kappa shape index (κ3) is 2.64. The summed E-state index contributed by atoms with van der Waals surface area (Å²) in [6.45, 7) is 3.70. The van der Waals surface area contributed by atoms with Crippen LogP contribution >= 0.6 is 0 Å². The van der Waals surface area contributed by atoms with Crippen LogP contribution in [0.15, 0.2) is 35.3 Å². The summed E-state index contributed by atoms with van der Waals surface area (Å²) in [5.41, 5.74) is 2.82. The number of phenols is 1. The number of nitro benzene ring substituents is 1. The molecule has 3 aromatic rings. The summed E-state index contributed by atoms with van der Waals surface area (Å²) in [6, 6.07) is 7.64. The van der Waals surface area contributed by atoms with Crippen LogP contribution in [0.1, 0.15) is 17.0 Å². The van der Waals surface area contributed by atoms with Crippen molar-refractivity contribution in [3.05, 3.63) is 57.4 Å². The Morgan fingerprint density at radius 3 is 2.74 bits per heavy atom. The Hall–Kier alpha value is -3.22. The molecule has 0 saturated heterocycles.